The van der Waals surface area contributed by atoms with Crippen molar-refractivity contribution in [1.29, 1.82) is 0 Å². The molecule has 0 aliphatic heterocycles. The molecule has 2 aromatic rings. The molecule has 0 spiro atoms. The molecule has 0 saturated heterocycles. The molecule has 1 aliphatic carbocycles. The molecular weight excluding hydrogens is 210 g/mol. The van der Waals surface area contributed by atoms with Gasteiger partial charge in [-0.2, -0.15) is 0 Å². The topological polar surface area (TPSA) is 43.8 Å². The predicted octanol–water partition coefficient (Wildman–Crippen LogP) is 2.13. The molecule has 0 bridgehead atoms. The summed E-state index contributed by atoms with van der Waals surface area (Å²) in [6.07, 6.45) is 3.42. The van der Waals surface area contributed by atoms with Crippen LogP contribution in [0.15, 0.2) is 18.2 Å². The van der Waals surface area contributed by atoms with Gasteiger partial charge < -0.3 is 10.3 Å². The van der Waals surface area contributed by atoms with E-state index >= 15 is 0 Å². The Bertz CT molecular complexity index is 564. The van der Waals surface area contributed by atoms with E-state index in [9.17, 15) is 0 Å². The van der Waals surface area contributed by atoms with E-state index in [4.69, 9.17) is 5.73 Å². The Balaban J connectivity index is 2.13. The van der Waals surface area contributed by atoms with Crippen molar-refractivity contribution in [3.05, 3.63) is 29.6 Å². The van der Waals surface area contributed by atoms with Crippen LogP contribution in [-0.4, -0.2) is 16.1 Å². The van der Waals surface area contributed by atoms with Crippen LogP contribution in [0.5, 0.6) is 0 Å². The zero-order valence-electron chi connectivity index (χ0n) is 10.5. The maximum absolute atomic E-state index is 5.88. The van der Waals surface area contributed by atoms with Crippen molar-refractivity contribution in [1.82, 2.24) is 9.55 Å². The Morgan fingerprint density at radius 3 is 2.76 bits per heavy atom. The van der Waals surface area contributed by atoms with Gasteiger partial charge in [0, 0.05) is 25.4 Å². The zero-order chi connectivity index (χ0) is 12.0. The minimum atomic E-state index is 0.262. The van der Waals surface area contributed by atoms with Gasteiger partial charge in [0.2, 0.25) is 0 Å². The maximum atomic E-state index is 5.88. The molecule has 0 unspecified atom stereocenters. The minimum absolute atomic E-state index is 0.262. The van der Waals surface area contributed by atoms with Gasteiger partial charge in [-0.1, -0.05) is 13.0 Å². The third kappa shape index (κ3) is 1.49. The lowest BCUT2D eigenvalue weighted by Gasteiger charge is -2.12. The first-order chi connectivity index (χ1) is 8.20. The Kier molecular flexibility index (Phi) is 2.26. The number of imidazole rings is 1. The highest BCUT2D eigenvalue weighted by atomic mass is 15.1. The van der Waals surface area contributed by atoms with E-state index in [-0.39, 0.29) is 5.41 Å². The highest BCUT2D eigenvalue weighted by Crippen LogP contribution is 2.47. The second kappa shape index (κ2) is 3.57. The van der Waals surface area contributed by atoms with Crippen LogP contribution >= 0.6 is 0 Å². The molecule has 0 radical (unpaired) electrons. The molecule has 3 heteroatoms. The number of aryl methyl sites for hydroxylation is 2. The summed E-state index contributed by atoms with van der Waals surface area (Å²) >= 11 is 0. The second-order valence-corrected chi connectivity index (χ2v) is 5.13. The monoisotopic (exact) mass is 229 g/mol. The molecule has 1 saturated carbocycles. The molecule has 3 nitrogen and oxygen atoms in total. The molecule has 0 atom stereocenters. The summed E-state index contributed by atoms with van der Waals surface area (Å²) in [6, 6.07) is 6.64. The van der Waals surface area contributed by atoms with E-state index in [2.05, 4.69) is 41.7 Å². The van der Waals surface area contributed by atoms with Crippen LogP contribution in [0, 0.1) is 0 Å². The third-order valence-electron chi connectivity index (χ3n) is 4.15. The molecular formula is C14H19N3. The summed E-state index contributed by atoms with van der Waals surface area (Å²) in [5.74, 6) is 1.15. The number of benzene rings is 1. The van der Waals surface area contributed by atoms with Gasteiger partial charge in [0.1, 0.15) is 5.82 Å². The quantitative estimate of drug-likeness (QED) is 0.876. The third-order valence-corrected chi connectivity index (χ3v) is 4.15. The van der Waals surface area contributed by atoms with Gasteiger partial charge in [-0.15, -0.1) is 0 Å². The van der Waals surface area contributed by atoms with Crippen molar-refractivity contribution in [3.63, 3.8) is 0 Å². The Labute approximate surface area is 102 Å². The Hall–Kier alpha value is -1.35. The van der Waals surface area contributed by atoms with E-state index in [0.717, 1.165) is 24.3 Å². The van der Waals surface area contributed by atoms with Crippen molar-refractivity contribution < 1.29 is 0 Å². The van der Waals surface area contributed by atoms with Gasteiger partial charge in [-0.3, -0.25) is 0 Å². The largest absolute Gasteiger partial charge is 0.331 e. The minimum Gasteiger partial charge on any atom is -0.331 e. The van der Waals surface area contributed by atoms with E-state index in [1.807, 2.05) is 0 Å². The molecule has 1 aromatic heterocycles. The molecule has 90 valence electrons. The normalized spacial score (nSPS) is 17.6. The van der Waals surface area contributed by atoms with Crippen LogP contribution in [0.1, 0.15) is 31.2 Å². The fourth-order valence-electron chi connectivity index (χ4n) is 2.66. The van der Waals surface area contributed by atoms with Crippen molar-refractivity contribution in [3.8, 4) is 0 Å². The predicted molar refractivity (Wildman–Crippen MR) is 70.1 cm³/mol. The first-order valence-electron chi connectivity index (χ1n) is 6.36. The average Bonchev–Trinajstić information content (AvgIpc) is 3.10. The summed E-state index contributed by atoms with van der Waals surface area (Å²) in [6.45, 7) is 2.90. The van der Waals surface area contributed by atoms with Crippen LogP contribution in [0.4, 0.5) is 0 Å². The van der Waals surface area contributed by atoms with Crippen LogP contribution in [0.2, 0.25) is 0 Å². The second-order valence-electron chi connectivity index (χ2n) is 5.13. The molecule has 0 amide bonds. The lowest BCUT2D eigenvalue weighted by Crippen LogP contribution is -2.19. The number of hydrogen-bond acceptors (Lipinski definition) is 2. The molecule has 1 fully saturated rings. The smallest absolute Gasteiger partial charge is 0.109 e. The van der Waals surface area contributed by atoms with Crippen LogP contribution < -0.4 is 5.73 Å². The van der Waals surface area contributed by atoms with Crippen molar-refractivity contribution in [2.24, 2.45) is 12.8 Å². The highest BCUT2D eigenvalue weighted by Gasteiger charge is 2.42. The van der Waals surface area contributed by atoms with Crippen molar-refractivity contribution in [2.75, 3.05) is 6.54 Å². The highest BCUT2D eigenvalue weighted by molar-refractivity contribution is 5.77. The van der Waals surface area contributed by atoms with Crippen molar-refractivity contribution >= 4 is 11.0 Å². The fraction of sp³-hybridized carbons (Fsp3) is 0.500. The maximum Gasteiger partial charge on any atom is 0.109 e. The number of fused-ring (bicyclic) bond motifs is 1. The number of hydrogen-bond donors (Lipinski definition) is 1. The zero-order valence-corrected chi connectivity index (χ0v) is 10.5. The van der Waals surface area contributed by atoms with Crippen LogP contribution in [0.25, 0.3) is 11.0 Å². The van der Waals surface area contributed by atoms with E-state index in [1.54, 1.807) is 0 Å². The van der Waals surface area contributed by atoms with E-state index < -0.39 is 0 Å². The van der Waals surface area contributed by atoms with Gasteiger partial charge in [0.05, 0.1) is 11.0 Å². The fourth-order valence-corrected chi connectivity index (χ4v) is 2.66. The van der Waals surface area contributed by atoms with E-state index in [1.165, 1.54) is 23.9 Å². The molecule has 3 rings (SSSR count). The van der Waals surface area contributed by atoms with Gasteiger partial charge >= 0.3 is 0 Å². The lowest BCUT2D eigenvalue weighted by molar-refractivity contribution is 0.705. The summed E-state index contributed by atoms with van der Waals surface area (Å²) in [7, 11) is 2.09. The van der Waals surface area contributed by atoms with Crippen LogP contribution in [0.3, 0.4) is 0 Å². The molecule has 1 heterocycles. The first-order valence-corrected chi connectivity index (χ1v) is 6.36. The van der Waals surface area contributed by atoms with Gasteiger partial charge in [-0.25, -0.2) is 4.98 Å². The summed E-state index contributed by atoms with van der Waals surface area (Å²) in [5, 5.41) is 0. The lowest BCUT2D eigenvalue weighted by atomic mass is 9.96. The number of nitrogens with zero attached hydrogens (tertiary/aromatic N) is 2. The molecule has 1 aromatic carbocycles. The number of aromatic nitrogens is 2. The SMILES string of the molecule is CCc1nc2cc(C3(CN)CC3)ccc2n1C. The number of rotatable bonds is 3. The average molecular weight is 229 g/mol. The standard InChI is InChI=1S/C14H19N3/c1-3-13-16-11-8-10(14(9-15)6-7-14)4-5-12(11)17(13)2/h4-5,8H,3,6-7,9,15H2,1-2H3. The van der Waals surface area contributed by atoms with Gasteiger partial charge in [0.15, 0.2) is 0 Å². The first kappa shape index (κ1) is 10.8. The Morgan fingerprint density at radius 1 is 1.41 bits per heavy atom. The number of nitrogens with two attached hydrogens (primary N) is 1. The summed E-state index contributed by atoms with van der Waals surface area (Å²) in [5.41, 5.74) is 9.84. The van der Waals surface area contributed by atoms with E-state index in [0.29, 0.717) is 0 Å². The molecule has 1 aliphatic rings. The van der Waals surface area contributed by atoms with Gasteiger partial charge in [-0.05, 0) is 30.5 Å². The summed E-state index contributed by atoms with van der Waals surface area (Å²) < 4.78 is 2.18. The molecule has 2 N–H and O–H groups in total. The molecule has 17 heavy (non-hydrogen) atoms. The summed E-state index contributed by atoms with van der Waals surface area (Å²) in [4.78, 5) is 4.69. The van der Waals surface area contributed by atoms with Crippen molar-refractivity contribution in [2.45, 2.75) is 31.6 Å². The Morgan fingerprint density at radius 2 is 2.18 bits per heavy atom. The van der Waals surface area contributed by atoms with Crippen LogP contribution in [-0.2, 0) is 18.9 Å². The van der Waals surface area contributed by atoms with Gasteiger partial charge in [0.25, 0.3) is 0 Å².